The third kappa shape index (κ3) is 3.66. The van der Waals surface area contributed by atoms with Crippen LogP contribution >= 0.6 is 11.3 Å². The first-order valence-electron chi connectivity index (χ1n) is 9.20. The number of methoxy groups -OCH3 is 1. The van der Waals surface area contributed by atoms with Crippen LogP contribution in [0.25, 0.3) is 10.9 Å². The van der Waals surface area contributed by atoms with Crippen LogP contribution in [0.1, 0.15) is 31.6 Å². The molecule has 2 N–H and O–H groups in total. The van der Waals surface area contributed by atoms with Gasteiger partial charge < -0.3 is 15.0 Å². The Hall–Kier alpha value is -3.05. The number of ether oxygens (including phenoxy) is 1. The highest BCUT2D eigenvalue weighted by atomic mass is 32.1. The molecule has 1 amide bonds. The monoisotopic (exact) mass is 390 g/mol. The fourth-order valence-electron chi connectivity index (χ4n) is 3.46. The largest absolute Gasteiger partial charge is 0.497 e. The fraction of sp³-hybridized carbons (Fsp3) is 0.174. The van der Waals surface area contributed by atoms with Crippen molar-refractivity contribution in [1.82, 2.24) is 10.3 Å². The van der Waals surface area contributed by atoms with E-state index in [2.05, 4.69) is 34.6 Å². The minimum Gasteiger partial charge on any atom is -0.497 e. The zero-order valence-electron chi connectivity index (χ0n) is 15.9. The van der Waals surface area contributed by atoms with Gasteiger partial charge in [0.15, 0.2) is 0 Å². The Morgan fingerprint density at radius 1 is 1.11 bits per heavy atom. The van der Waals surface area contributed by atoms with Crippen LogP contribution in [0.3, 0.4) is 0 Å². The third-order valence-electron chi connectivity index (χ3n) is 4.95. The summed E-state index contributed by atoms with van der Waals surface area (Å²) in [5, 5.41) is 4.29. The van der Waals surface area contributed by atoms with E-state index < -0.39 is 0 Å². The van der Waals surface area contributed by atoms with Crippen LogP contribution < -0.4 is 10.1 Å². The van der Waals surface area contributed by atoms with Crippen LogP contribution in [0.15, 0.2) is 66.9 Å². The molecule has 2 aromatic heterocycles. The molecule has 2 heterocycles. The van der Waals surface area contributed by atoms with Crippen LogP contribution in [0.2, 0.25) is 0 Å². The lowest BCUT2D eigenvalue weighted by Gasteiger charge is -2.18. The van der Waals surface area contributed by atoms with Gasteiger partial charge in [-0.2, -0.15) is 0 Å². The summed E-state index contributed by atoms with van der Waals surface area (Å²) in [5.41, 5.74) is 3.40. The van der Waals surface area contributed by atoms with Crippen LogP contribution in [0.5, 0.6) is 5.75 Å². The number of thiophene rings is 1. The van der Waals surface area contributed by atoms with Gasteiger partial charge in [0.25, 0.3) is 5.91 Å². The molecule has 0 aliphatic rings. The Labute approximate surface area is 168 Å². The molecule has 0 spiro atoms. The van der Waals surface area contributed by atoms with Gasteiger partial charge in [-0.1, -0.05) is 30.3 Å². The molecule has 142 valence electrons. The van der Waals surface area contributed by atoms with Gasteiger partial charge >= 0.3 is 0 Å². The van der Waals surface area contributed by atoms with Gasteiger partial charge in [0.2, 0.25) is 0 Å². The zero-order valence-corrected chi connectivity index (χ0v) is 16.7. The smallest absolute Gasteiger partial charge is 0.261 e. The van der Waals surface area contributed by atoms with Crippen LogP contribution in [-0.4, -0.2) is 24.5 Å². The average Bonchev–Trinajstić information content (AvgIpc) is 3.35. The molecule has 0 aliphatic heterocycles. The predicted molar refractivity (Wildman–Crippen MR) is 115 cm³/mol. The number of aromatic amines is 1. The second kappa shape index (κ2) is 7.90. The van der Waals surface area contributed by atoms with Crippen molar-refractivity contribution in [3.63, 3.8) is 0 Å². The first-order chi connectivity index (χ1) is 13.7. The van der Waals surface area contributed by atoms with Gasteiger partial charge in [0, 0.05) is 34.4 Å². The lowest BCUT2D eigenvalue weighted by molar-refractivity contribution is 0.0956. The normalized spacial score (nSPS) is 12.1. The van der Waals surface area contributed by atoms with Gasteiger partial charge in [0.1, 0.15) is 5.75 Å². The summed E-state index contributed by atoms with van der Waals surface area (Å²) < 4.78 is 5.29. The summed E-state index contributed by atoms with van der Waals surface area (Å²) in [6, 6.07) is 20.1. The number of hydrogen-bond donors (Lipinski definition) is 2. The van der Waals surface area contributed by atoms with Crippen molar-refractivity contribution >= 4 is 28.1 Å². The molecular formula is C23H22N2O2S. The minimum absolute atomic E-state index is 0.0311. The number of carbonyl (C=O) groups is 1. The van der Waals surface area contributed by atoms with E-state index in [9.17, 15) is 4.79 Å². The van der Waals surface area contributed by atoms with Crippen molar-refractivity contribution in [2.45, 2.75) is 12.8 Å². The zero-order chi connectivity index (χ0) is 19.5. The van der Waals surface area contributed by atoms with Crippen molar-refractivity contribution in [3.05, 3.63) is 87.7 Å². The second-order valence-electron chi connectivity index (χ2n) is 6.74. The van der Waals surface area contributed by atoms with E-state index in [0.717, 1.165) is 26.6 Å². The van der Waals surface area contributed by atoms with E-state index >= 15 is 0 Å². The summed E-state index contributed by atoms with van der Waals surface area (Å²) in [6.07, 6.45) is 2.04. The summed E-state index contributed by atoms with van der Waals surface area (Å²) in [4.78, 5) is 17.8. The van der Waals surface area contributed by atoms with Crippen LogP contribution in [0.4, 0.5) is 0 Å². The first-order valence-corrected chi connectivity index (χ1v) is 10.0. The second-order valence-corrected chi connectivity index (χ2v) is 8.02. The topological polar surface area (TPSA) is 54.1 Å². The molecule has 1 atom stereocenters. The number of para-hydroxylation sites is 1. The molecule has 4 nitrogen and oxygen atoms in total. The Kier molecular flexibility index (Phi) is 5.17. The lowest BCUT2D eigenvalue weighted by Crippen LogP contribution is -2.28. The SMILES string of the molecule is COc1ccc(C(CNC(=O)c2ccc(C)s2)c2c[nH]c3ccccc23)cc1. The molecule has 0 fully saturated rings. The molecular weight excluding hydrogens is 368 g/mol. The number of aryl methyl sites for hydroxylation is 1. The highest BCUT2D eigenvalue weighted by Gasteiger charge is 2.20. The maximum absolute atomic E-state index is 12.6. The van der Waals surface area contributed by atoms with Gasteiger partial charge in [0.05, 0.1) is 12.0 Å². The number of aromatic nitrogens is 1. The quantitative estimate of drug-likeness (QED) is 0.481. The lowest BCUT2D eigenvalue weighted by atomic mass is 9.90. The average molecular weight is 391 g/mol. The molecule has 0 radical (unpaired) electrons. The van der Waals surface area contributed by atoms with Crippen LogP contribution in [0, 0.1) is 6.92 Å². The first kappa shape index (κ1) is 18.3. The Bertz CT molecular complexity index is 1100. The predicted octanol–water partition coefficient (Wildman–Crippen LogP) is 5.11. The molecule has 1 unspecified atom stereocenters. The van der Waals surface area contributed by atoms with Crippen molar-refractivity contribution in [3.8, 4) is 5.75 Å². The number of nitrogens with one attached hydrogen (secondary N) is 2. The molecule has 28 heavy (non-hydrogen) atoms. The number of H-pyrrole nitrogens is 1. The minimum atomic E-state index is -0.0311. The number of fused-ring (bicyclic) bond motifs is 1. The van der Waals surface area contributed by atoms with E-state index in [-0.39, 0.29) is 11.8 Å². The molecule has 5 heteroatoms. The number of hydrogen-bond acceptors (Lipinski definition) is 3. The summed E-state index contributed by atoms with van der Waals surface area (Å²) >= 11 is 1.51. The third-order valence-corrected chi connectivity index (χ3v) is 5.95. The Morgan fingerprint density at radius 3 is 2.61 bits per heavy atom. The van der Waals surface area contributed by atoms with E-state index in [1.807, 2.05) is 49.5 Å². The summed E-state index contributed by atoms with van der Waals surface area (Å²) in [7, 11) is 1.66. The highest BCUT2D eigenvalue weighted by molar-refractivity contribution is 7.13. The van der Waals surface area contributed by atoms with Crippen LogP contribution in [-0.2, 0) is 0 Å². The van der Waals surface area contributed by atoms with Gasteiger partial charge in [-0.15, -0.1) is 11.3 Å². The summed E-state index contributed by atoms with van der Waals surface area (Å²) in [5.74, 6) is 0.822. The highest BCUT2D eigenvalue weighted by Crippen LogP contribution is 2.31. The van der Waals surface area contributed by atoms with E-state index in [1.165, 1.54) is 22.3 Å². The van der Waals surface area contributed by atoms with Crippen molar-refractivity contribution in [2.75, 3.05) is 13.7 Å². The van der Waals surface area contributed by atoms with E-state index in [4.69, 9.17) is 4.74 Å². The molecule has 4 rings (SSSR count). The number of carbonyl (C=O) groups excluding carboxylic acids is 1. The fourth-order valence-corrected chi connectivity index (χ4v) is 4.25. The van der Waals surface area contributed by atoms with Crippen molar-refractivity contribution in [2.24, 2.45) is 0 Å². The number of amides is 1. The molecule has 0 bridgehead atoms. The molecule has 0 saturated carbocycles. The Morgan fingerprint density at radius 2 is 1.89 bits per heavy atom. The molecule has 2 aromatic carbocycles. The number of rotatable bonds is 6. The molecule has 0 aliphatic carbocycles. The summed E-state index contributed by atoms with van der Waals surface area (Å²) in [6.45, 7) is 2.53. The van der Waals surface area contributed by atoms with Gasteiger partial charge in [-0.3, -0.25) is 4.79 Å². The van der Waals surface area contributed by atoms with E-state index in [0.29, 0.717) is 6.54 Å². The molecule has 0 saturated heterocycles. The van der Waals surface area contributed by atoms with Gasteiger partial charge in [-0.25, -0.2) is 0 Å². The van der Waals surface area contributed by atoms with Crippen molar-refractivity contribution in [1.29, 1.82) is 0 Å². The van der Waals surface area contributed by atoms with E-state index in [1.54, 1.807) is 7.11 Å². The standard InChI is InChI=1S/C23H22N2O2S/c1-15-7-12-22(28-15)23(26)25-13-19(16-8-10-17(27-2)11-9-16)20-14-24-21-6-4-3-5-18(20)21/h3-12,14,19,24H,13H2,1-2H3,(H,25,26). The maximum Gasteiger partial charge on any atom is 0.261 e. The number of benzene rings is 2. The van der Waals surface area contributed by atoms with Crippen molar-refractivity contribution < 1.29 is 9.53 Å². The molecule has 4 aromatic rings. The van der Waals surface area contributed by atoms with Gasteiger partial charge in [-0.05, 0) is 48.4 Å². The maximum atomic E-state index is 12.6. The Balaban J connectivity index is 1.65.